The summed E-state index contributed by atoms with van der Waals surface area (Å²) in [5.41, 5.74) is 12.9. The van der Waals surface area contributed by atoms with Crippen LogP contribution in [0.15, 0.2) is 206 Å². The van der Waals surface area contributed by atoms with Crippen LogP contribution in [-0.2, 0) is 5.54 Å². The van der Waals surface area contributed by atoms with E-state index < -0.39 is 0 Å². The molecule has 0 saturated heterocycles. The van der Waals surface area contributed by atoms with E-state index in [-0.39, 0.29) is 11.5 Å². The SMILES string of the molecule is CC1(n2c3ccc(-c4cccc(-c5ccccc5Nc5ccc(-c6ccccc6)cc5)c4)cc3c3cc4sc5ccccc5c4cc32)C=CC=C2C=CC=CC21. The van der Waals surface area contributed by atoms with Gasteiger partial charge in [0.2, 0.25) is 0 Å². The molecule has 11 rings (SSSR count). The van der Waals surface area contributed by atoms with Crippen molar-refractivity contribution in [2.24, 2.45) is 5.92 Å². The number of hydrogen-bond donors (Lipinski definition) is 1. The molecule has 266 valence electrons. The van der Waals surface area contributed by atoms with Crippen molar-refractivity contribution in [3.05, 3.63) is 206 Å². The standard InChI is InChI=1S/C53H38N2S/c1-53(30-12-18-37-15-5-8-21-47(37)53)55-49-29-26-39(32-44(49)45-34-52-46(33-50(45)55)43-20-7-10-23-51(43)56-52)38-16-11-17-40(31-38)42-19-6-9-22-48(42)54-41-27-24-36(25-28-41)35-13-3-2-4-14-35/h2-34,47,54H,1H3. The molecule has 2 nitrogen and oxygen atoms in total. The number of thiophene rings is 1. The second kappa shape index (κ2) is 13.0. The van der Waals surface area contributed by atoms with E-state index in [4.69, 9.17) is 0 Å². The van der Waals surface area contributed by atoms with Crippen LogP contribution < -0.4 is 5.32 Å². The molecule has 0 saturated carbocycles. The van der Waals surface area contributed by atoms with E-state index in [9.17, 15) is 0 Å². The van der Waals surface area contributed by atoms with Gasteiger partial charge in [0.15, 0.2) is 0 Å². The first-order valence-corrected chi connectivity index (χ1v) is 20.2. The number of nitrogens with one attached hydrogen (secondary N) is 1. The summed E-state index contributed by atoms with van der Waals surface area (Å²) in [6.07, 6.45) is 15.9. The third-order valence-corrected chi connectivity index (χ3v) is 13.0. The van der Waals surface area contributed by atoms with Crippen LogP contribution in [0.5, 0.6) is 0 Å². The Kier molecular flexibility index (Phi) is 7.58. The minimum Gasteiger partial charge on any atom is -0.355 e. The number of benzene rings is 7. The topological polar surface area (TPSA) is 17.0 Å². The highest BCUT2D eigenvalue weighted by molar-refractivity contribution is 7.25. The highest BCUT2D eigenvalue weighted by Crippen LogP contribution is 2.47. The maximum Gasteiger partial charge on any atom is 0.0711 e. The molecule has 0 radical (unpaired) electrons. The zero-order chi connectivity index (χ0) is 37.2. The van der Waals surface area contributed by atoms with E-state index in [0.29, 0.717) is 0 Å². The normalized spacial score (nSPS) is 17.5. The quantitative estimate of drug-likeness (QED) is 0.180. The van der Waals surface area contributed by atoms with E-state index in [1.54, 1.807) is 0 Å². The second-order valence-electron chi connectivity index (χ2n) is 15.2. The Morgan fingerprint density at radius 3 is 2.18 bits per heavy atom. The third-order valence-electron chi connectivity index (χ3n) is 11.9. The Bertz CT molecular complexity index is 3120. The van der Waals surface area contributed by atoms with Gasteiger partial charge in [-0.15, -0.1) is 11.3 Å². The number of fused-ring (bicyclic) bond motifs is 7. The summed E-state index contributed by atoms with van der Waals surface area (Å²) in [4.78, 5) is 0. The number of allylic oxidation sites excluding steroid dienone is 8. The first-order chi connectivity index (χ1) is 27.6. The highest BCUT2D eigenvalue weighted by Gasteiger charge is 2.38. The predicted molar refractivity (Wildman–Crippen MR) is 241 cm³/mol. The minimum atomic E-state index is -0.287. The first kappa shape index (κ1) is 32.7. The largest absolute Gasteiger partial charge is 0.355 e. The van der Waals surface area contributed by atoms with Gasteiger partial charge in [-0.05, 0) is 94.9 Å². The van der Waals surface area contributed by atoms with E-state index in [0.717, 1.165) is 11.4 Å². The van der Waals surface area contributed by atoms with Gasteiger partial charge in [0.1, 0.15) is 0 Å². The predicted octanol–water partition coefficient (Wildman–Crippen LogP) is 14.9. The molecule has 9 aromatic rings. The van der Waals surface area contributed by atoms with Crippen LogP contribution in [0.1, 0.15) is 6.92 Å². The molecule has 2 aliphatic rings. The molecule has 7 aromatic carbocycles. The molecular formula is C53H38N2S. The van der Waals surface area contributed by atoms with Crippen molar-refractivity contribution in [2.75, 3.05) is 5.32 Å². The first-order valence-electron chi connectivity index (χ1n) is 19.4. The van der Waals surface area contributed by atoms with E-state index >= 15 is 0 Å². The molecule has 0 amide bonds. The Morgan fingerprint density at radius 2 is 1.27 bits per heavy atom. The molecule has 2 aromatic heterocycles. The number of para-hydroxylation sites is 1. The lowest BCUT2D eigenvalue weighted by Gasteiger charge is -2.40. The number of rotatable bonds is 6. The highest BCUT2D eigenvalue weighted by atomic mass is 32.1. The molecule has 3 heteroatoms. The smallest absolute Gasteiger partial charge is 0.0711 e. The molecule has 2 heterocycles. The molecule has 0 bridgehead atoms. The molecular weight excluding hydrogens is 697 g/mol. The summed E-state index contributed by atoms with van der Waals surface area (Å²) in [6.45, 7) is 2.40. The lowest BCUT2D eigenvalue weighted by Crippen LogP contribution is -2.38. The maximum atomic E-state index is 3.71. The van der Waals surface area contributed by atoms with E-state index in [2.05, 4.69) is 217 Å². The van der Waals surface area contributed by atoms with Crippen molar-refractivity contribution >= 4 is 64.7 Å². The monoisotopic (exact) mass is 734 g/mol. The van der Waals surface area contributed by atoms with E-state index in [1.165, 1.54) is 80.9 Å². The Balaban J connectivity index is 1.02. The Hall–Kier alpha value is -6.68. The zero-order valence-electron chi connectivity index (χ0n) is 31.0. The Labute approximate surface area is 330 Å². The molecule has 1 N–H and O–H groups in total. The Morgan fingerprint density at radius 1 is 0.536 bits per heavy atom. The maximum absolute atomic E-state index is 3.71. The number of hydrogen-bond acceptors (Lipinski definition) is 2. The number of aromatic nitrogens is 1. The fourth-order valence-electron chi connectivity index (χ4n) is 9.10. The van der Waals surface area contributed by atoms with Crippen LogP contribution in [0.2, 0.25) is 0 Å². The zero-order valence-corrected chi connectivity index (χ0v) is 31.8. The van der Waals surface area contributed by atoms with Crippen LogP contribution in [-0.4, -0.2) is 4.57 Å². The summed E-state index contributed by atoms with van der Waals surface area (Å²) < 4.78 is 5.28. The van der Waals surface area contributed by atoms with Gasteiger partial charge < -0.3 is 9.88 Å². The van der Waals surface area contributed by atoms with Gasteiger partial charge in [-0.3, -0.25) is 0 Å². The van der Waals surface area contributed by atoms with Gasteiger partial charge >= 0.3 is 0 Å². The summed E-state index contributed by atoms with van der Waals surface area (Å²) in [5, 5.41) is 8.95. The van der Waals surface area contributed by atoms with Crippen molar-refractivity contribution < 1.29 is 0 Å². The van der Waals surface area contributed by atoms with Crippen LogP contribution in [0.4, 0.5) is 11.4 Å². The summed E-state index contributed by atoms with van der Waals surface area (Å²) >= 11 is 1.89. The van der Waals surface area contributed by atoms with Gasteiger partial charge in [-0.1, -0.05) is 146 Å². The molecule has 2 aliphatic carbocycles. The lowest BCUT2D eigenvalue weighted by molar-refractivity contribution is 0.355. The lowest BCUT2D eigenvalue weighted by atomic mass is 9.74. The molecule has 0 spiro atoms. The number of nitrogens with zero attached hydrogens (tertiary/aromatic N) is 1. The van der Waals surface area contributed by atoms with Gasteiger partial charge in [-0.25, -0.2) is 0 Å². The fourth-order valence-corrected chi connectivity index (χ4v) is 10.2. The molecule has 2 unspecified atom stereocenters. The average Bonchev–Trinajstić information content (AvgIpc) is 3.78. The van der Waals surface area contributed by atoms with Crippen molar-refractivity contribution in [2.45, 2.75) is 12.5 Å². The van der Waals surface area contributed by atoms with Crippen molar-refractivity contribution in [1.82, 2.24) is 4.57 Å². The van der Waals surface area contributed by atoms with Crippen molar-refractivity contribution in [3.8, 4) is 33.4 Å². The average molecular weight is 735 g/mol. The third kappa shape index (κ3) is 5.31. The summed E-state index contributed by atoms with van der Waals surface area (Å²) in [5.74, 6) is 0.234. The van der Waals surface area contributed by atoms with Crippen LogP contribution in [0.25, 0.3) is 75.4 Å². The summed E-state index contributed by atoms with van der Waals surface area (Å²) in [7, 11) is 0. The molecule has 2 atom stereocenters. The van der Waals surface area contributed by atoms with Crippen molar-refractivity contribution in [1.29, 1.82) is 0 Å². The van der Waals surface area contributed by atoms with Gasteiger partial charge in [0, 0.05) is 59.3 Å². The second-order valence-corrected chi connectivity index (χ2v) is 16.3. The number of anilines is 2. The van der Waals surface area contributed by atoms with Crippen molar-refractivity contribution in [3.63, 3.8) is 0 Å². The van der Waals surface area contributed by atoms with Gasteiger partial charge in [0.05, 0.1) is 11.1 Å². The minimum absolute atomic E-state index is 0.234. The summed E-state index contributed by atoms with van der Waals surface area (Å²) in [6, 6.07) is 57.7. The van der Waals surface area contributed by atoms with E-state index in [1.807, 2.05) is 11.3 Å². The molecule has 0 fully saturated rings. The van der Waals surface area contributed by atoms with Crippen LogP contribution >= 0.6 is 11.3 Å². The van der Waals surface area contributed by atoms with Crippen LogP contribution in [0.3, 0.4) is 0 Å². The molecule has 56 heavy (non-hydrogen) atoms. The molecule has 0 aliphatic heterocycles. The fraction of sp³-hybridized carbons (Fsp3) is 0.0566. The van der Waals surface area contributed by atoms with Gasteiger partial charge in [-0.2, -0.15) is 0 Å². The van der Waals surface area contributed by atoms with Gasteiger partial charge in [0.25, 0.3) is 0 Å². The van der Waals surface area contributed by atoms with Crippen LogP contribution in [0, 0.1) is 5.92 Å².